The number of carbonyl (C=O) groups excluding carboxylic acids is 1. The molecule has 2 aliphatic rings. The molecule has 1 aliphatic heterocycles. The van der Waals surface area contributed by atoms with Crippen LogP contribution in [-0.4, -0.2) is 25.2 Å². The summed E-state index contributed by atoms with van der Waals surface area (Å²) in [4.78, 5) is 11.8. The van der Waals surface area contributed by atoms with Gasteiger partial charge in [0.25, 0.3) is 0 Å². The second-order valence-electron chi connectivity index (χ2n) is 5.57. The lowest BCUT2D eigenvalue weighted by atomic mass is 10.1. The van der Waals surface area contributed by atoms with Gasteiger partial charge < -0.3 is 15.4 Å². The van der Waals surface area contributed by atoms with Crippen molar-refractivity contribution in [3.05, 3.63) is 35.9 Å². The largest absolute Gasteiger partial charge is 0.445 e. The highest BCUT2D eigenvalue weighted by Gasteiger charge is 2.53. The van der Waals surface area contributed by atoms with Crippen molar-refractivity contribution in [2.45, 2.75) is 19.6 Å². The molecule has 1 aromatic carbocycles. The molecule has 0 aromatic heterocycles. The summed E-state index contributed by atoms with van der Waals surface area (Å²) in [5.41, 5.74) is 1.01. The maximum atomic E-state index is 11.8. The second kappa shape index (κ2) is 5.21. The van der Waals surface area contributed by atoms with Crippen molar-refractivity contribution >= 4 is 6.09 Å². The highest BCUT2D eigenvalue weighted by Crippen LogP contribution is 2.49. The smallest absolute Gasteiger partial charge is 0.407 e. The molecule has 1 saturated carbocycles. The van der Waals surface area contributed by atoms with E-state index in [-0.39, 0.29) is 12.1 Å². The molecule has 0 radical (unpaired) electrons. The molecule has 1 aromatic rings. The predicted molar refractivity (Wildman–Crippen MR) is 72.6 cm³/mol. The van der Waals surface area contributed by atoms with Crippen molar-refractivity contribution in [3.8, 4) is 0 Å². The van der Waals surface area contributed by atoms with Gasteiger partial charge in [-0.25, -0.2) is 4.79 Å². The summed E-state index contributed by atoms with van der Waals surface area (Å²) in [6.45, 7) is 4.53. The van der Waals surface area contributed by atoms with Crippen LogP contribution in [0.4, 0.5) is 4.79 Å². The Balaban J connectivity index is 1.46. The molecule has 102 valence electrons. The van der Waals surface area contributed by atoms with Crippen LogP contribution in [0.25, 0.3) is 0 Å². The fourth-order valence-electron chi connectivity index (χ4n) is 3.17. The number of fused-ring (bicyclic) bond motifs is 1. The summed E-state index contributed by atoms with van der Waals surface area (Å²) in [5, 5.41) is 6.35. The first-order valence-electron chi connectivity index (χ1n) is 6.93. The number of alkyl carbamates (subject to hydrolysis) is 1. The van der Waals surface area contributed by atoms with E-state index >= 15 is 0 Å². The Kier molecular flexibility index (Phi) is 3.42. The van der Waals surface area contributed by atoms with Crippen LogP contribution in [0.15, 0.2) is 30.3 Å². The van der Waals surface area contributed by atoms with Crippen LogP contribution in [0.3, 0.4) is 0 Å². The van der Waals surface area contributed by atoms with Gasteiger partial charge in [0.2, 0.25) is 0 Å². The molecular weight excluding hydrogens is 240 g/mol. The van der Waals surface area contributed by atoms with Crippen LogP contribution < -0.4 is 10.6 Å². The Hall–Kier alpha value is -1.55. The van der Waals surface area contributed by atoms with E-state index in [9.17, 15) is 4.79 Å². The quantitative estimate of drug-likeness (QED) is 0.871. The van der Waals surface area contributed by atoms with E-state index < -0.39 is 0 Å². The van der Waals surface area contributed by atoms with E-state index in [0.29, 0.717) is 12.5 Å². The van der Waals surface area contributed by atoms with Gasteiger partial charge in [-0.1, -0.05) is 37.3 Å². The molecule has 4 atom stereocenters. The van der Waals surface area contributed by atoms with E-state index in [2.05, 4.69) is 17.6 Å². The predicted octanol–water partition coefficient (Wildman–Crippen LogP) is 1.77. The molecule has 19 heavy (non-hydrogen) atoms. The summed E-state index contributed by atoms with van der Waals surface area (Å²) in [7, 11) is 0. The minimum Gasteiger partial charge on any atom is -0.445 e. The molecule has 3 rings (SSSR count). The summed E-state index contributed by atoms with van der Waals surface area (Å²) in [5.74, 6) is 2.08. The van der Waals surface area contributed by atoms with Gasteiger partial charge >= 0.3 is 6.09 Å². The van der Waals surface area contributed by atoms with Gasteiger partial charge in [-0.15, -0.1) is 0 Å². The number of ether oxygens (including phenoxy) is 1. The first-order valence-corrected chi connectivity index (χ1v) is 6.93. The average molecular weight is 260 g/mol. The summed E-state index contributed by atoms with van der Waals surface area (Å²) in [6.07, 6.45) is -0.310. The molecule has 0 unspecified atom stereocenters. The minimum atomic E-state index is -0.310. The monoisotopic (exact) mass is 260 g/mol. The molecule has 0 bridgehead atoms. The normalized spacial score (nSPS) is 32.3. The highest BCUT2D eigenvalue weighted by atomic mass is 16.5. The van der Waals surface area contributed by atoms with E-state index in [1.54, 1.807) is 0 Å². The molecule has 0 spiro atoms. The van der Waals surface area contributed by atoms with Crippen molar-refractivity contribution in [2.75, 3.05) is 13.1 Å². The number of nitrogens with one attached hydrogen (secondary N) is 2. The molecule has 2 N–H and O–H groups in total. The van der Waals surface area contributed by atoms with E-state index in [4.69, 9.17) is 4.74 Å². The number of hydrogen-bond acceptors (Lipinski definition) is 3. The number of benzene rings is 1. The molecule has 1 heterocycles. The molecule has 2 fully saturated rings. The number of rotatable bonds is 3. The minimum absolute atomic E-state index is 0.219. The van der Waals surface area contributed by atoms with E-state index in [0.717, 1.165) is 30.5 Å². The molecule has 4 heteroatoms. The Bertz CT molecular complexity index is 449. The Labute approximate surface area is 113 Å². The third-order valence-electron chi connectivity index (χ3n) is 4.36. The first-order chi connectivity index (χ1) is 9.25. The average Bonchev–Trinajstić information content (AvgIpc) is 3.10. The zero-order valence-electron chi connectivity index (χ0n) is 11.1. The fraction of sp³-hybridized carbons (Fsp3) is 0.533. The third kappa shape index (κ3) is 2.73. The number of piperidine rings is 1. The third-order valence-corrected chi connectivity index (χ3v) is 4.36. The summed E-state index contributed by atoms with van der Waals surface area (Å²) in [6, 6.07) is 9.96. The van der Waals surface area contributed by atoms with E-state index in [1.807, 2.05) is 30.3 Å². The standard InChI is InChI=1S/C15H20N2O2/c1-10-12-7-16-8-13(14(10)12)17-15(18)19-9-11-5-3-2-4-6-11/h2-6,10,12-14,16H,7-9H2,1H3,(H,17,18)/t10-,12+,13+,14-/m1/s1. The Morgan fingerprint density at radius 2 is 2.16 bits per heavy atom. The van der Waals surface area contributed by atoms with Gasteiger partial charge in [-0.05, 0) is 29.9 Å². The van der Waals surface area contributed by atoms with Crippen molar-refractivity contribution in [1.29, 1.82) is 0 Å². The lowest BCUT2D eigenvalue weighted by molar-refractivity contribution is 0.132. The van der Waals surface area contributed by atoms with Gasteiger partial charge in [0.1, 0.15) is 6.61 Å². The lowest BCUT2D eigenvalue weighted by Crippen LogP contribution is -2.47. The maximum absolute atomic E-state index is 11.8. The molecular formula is C15H20N2O2. The SMILES string of the molecule is C[C@@H]1[C@@H]2CNC[C@H](NC(=O)OCc3ccccc3)[C@H]12. The van der Waals surface area contributed by atoms with Crippen LogP contribution in [0.5, 0.6) is 0 Å². The molecule has 1 amide bonds. The van der Waals surface area contributed by atoms with Gasteiger partial charge in [0.15, 0.2) is 0 Å². The second-order valence-corrected chi connectivity index (χ2v) is 5.57. The Morgan fingerprint density at radius 1 is 1.37 bits per heavy atom. The summed E-state index contributed by atoms with van der Waals surface area (Å²) < 4.78 is 5.26. The van der Waals surface area contributed by atoms with Gasteiger partial charge in [0.05, 0.1) is 0 Å². The van der Waals surface area contributed by atoms with Crippen molar-refractivity contribution < 1.29 is 9.53 Å². The fourth-order valence-corrected chi connectivity index (χ4v) is 3.17. The van der Waals surface area contributed by atoms with Crippen LogP contribution in [0, 0.1) is 17.8 Å². The Morgan fingerprint density at radius 3 is 2.95 bits per heavy atom. The highest BCUT2D eigenvalue weighted by molar-refractivity contribution is 5.67. The number of hydrogen-bond donors (Lipinski definition) is 2. The van der Waals surface area contributed by atoms with Crippen LogP contribution in [-0.2, 0) is 11.3 Å². The van der Waals surface area contributed by atoms with E-state index in [1.165, 1.54) is 0 Å². The molecule has 1 saturated heterocycles. The molecule has 4 nitrogen and oxygen atoms in total. The summed E-state index contributed by atoms with van der Waals surface area (Å²) >= 11 is 0. The van der Waals surface area contributed by atoms with Gasteiger partial charge in [-0.3, -0.25) is 0 Å². The first kappa shape index (κ1) is 12.5. The van der Waals surface area contributed by atoms with Gasteiger partial charge in [0, 0.05) is 12.6 Å². The maximum Gasteiger partial charge on any atom is 0.407 e. The zero-order chi connectivity index (χ0) is 13.2. The van der Waals surface area contributed by atoms with Crippen molar-refractivity contribution in [2.24, 2.45) is 17.8 Å². The van der Waals surface area contributed by atoms with Crippen LogP contribution in [0.2, 0.25) is 0 Å². The number of amides is 1. The van der Waals surface area contributed by atoms with Crippen molar-refractivity contribution in [3.63, 3.8) is 0 Å². The van der Waals surface area contributed by atoms with Gasteiger partial charge in [-0.2, -0.15) is 0 Å². The van der Waals surface area contributed by atoms with Crippen LogP contribution in [0.1, 0.15) is 12.5 Å². The number of carbonyl (C=O) groups is 1. The lowest BCUT2D eigenvalue weighted by Gasteiger charge is -2.23. The zero-order valence-corrected chi connectivity index (χ0v) is 11.1. The molecule has 1 aliphatic carbocycles. The van der Waals surface area contributed by atoms with Crippen molar-refractivity contribution in [1.82, 2.24) is 10.6 Å². The van der Waals surface area contributed by atoms with Crippen LogP contribution >= 0.6 is 0 Å². The topological polar surface area (TPSA) is 50.4 Å².